The van der Waals surface area contributed by atoms with Gasteiger partial charge in [-0.25, -0.2) is 0 Å². The lowest BCUT2D eigenvalue weighted by Gasteiger charge is -2.37. The molecule has 2 N–H and O–H groups in total. The quantitative estimate of drug-likeness (QED) is 0.751. The second-order valence-electron chi connectivity index (χ2n) is 6.43. The third-order valence-corrected chi connectivity index (χ3v) is 4.94. The van der Waals surface area contributed by atoms with Crippen molar-refractivity contribution in [1.29, 1.82) is 0 Å². The Morgan fingerprint density at radius 1 is 1.43 bits per heavy atom. The summed E-state index contributed by atoms with van der Waals surface area (Å²) >= 11 is 0. The maximum atomic E-state index is 11.7. The number of rotatable bonds is 7. The van der Waals surface area contributed by atoms with Gasteiger partial charge in [0.15, 0.2) is 0 Å². The summed E-state index contributed by atoms with van der Waals surface area (Å²) in [6.07, 6.45) is 6.02. The summed E-state index contributed by atoms with van der Waals surface area (Å²) in [6, 6.07) is 0.383. The maximum absolute atomic E-state index is 11.7. The molecule has 5 nitrogen and oxygen atoms in total. The fourth-order valence-electron chi connectivity index (χ4n) is 3.80. The predicted octanol–water partition coefficient (Wildman–Crippen LogP) is 1.86. The van der Waals surface area contributed by atoms with E-state index in [9.17, 15) is 9.90 Å². The van der Waals surface area contributed by atoms with Gasteiger partial charge in [0.2, 0.25) is 0 Å². The van der Waals surface area contributed by atoms with Crippen LogP contribution in [0.1, 0.15) is 52.4 Å². The molecule has 1 aliphatic carbocycles. The van der Waals surface area contributed by atoms with Crippen molar-refractivity contribution >= 4 is 5.97 Å². The third kappa shape index (κ3) is 3.96. The number of hydrogen-bond acceptors (Lipinski definition) is 4. The average molecular weight is 298 g/mol. The molecule has 0 aromatic heterocycles. The SMILES string of the molecule is CCCNC1(C(=O)O)CCC(N2CCCC(OCC)C2)C1. The summed E-state index contributed by atoms with van der Waals surface area (Å²) in [5.41, 5.74) is -0.709. The smallest absolute Gasteiger partial charge is 0.323 e. The van der Waals surface area contributed by atoms with Crippen LogP contribution in [0.15, 0.2) is 0 Å². The number of likely N-dealkylation sites (tertiary alicyclic amines) is 1. The van der Waals surface area contributed by atoms with Crippen LogP contribution in [0.25, 0.3) is 0 Å². The Bertz CT molecular complexity index is 348. The molecule has 0 bridgehead atoms. The molecule has 1 saturated heterocycles. The summed E-state index contributed by atoms with van der Waals surface area (Å²) in [7, 11) is 0. The van der Waals surface area contributed by atoms with E-state index < -0.39 is 11.5 Å². The summed E-state index contributed by atoms with van der Waals surface area (Å²) in [4.78, 5) is 14.2. The Hall–Kier alpha value is -0.650. The number of piperidine rings is 1. The van der Waals surface area contributed by atoms with Crippen LogP contribution in [-0.2, 0) is 9.53 Å². The molecule has 0 aromatic carbocycles. The van der Waals surface area contributed by atoms with Crippen molar-refractivity contribution in [3.63, 3.8) is 0 Å². The Labute approximate surface area is 128 Å². The highest BCUT2D eigenvalue weighted by molar-refractivity contribution is 5.79. The molecule has 3 atom stereocenters. The minimum atomic E-state index is -0.709. The van der Waals surface area contributed by atoms with Gasteiger partial charge in [0.1, 0.15) is 5.54 Å². The zero-order valence-corrected chi connectivity index (χ0v) is 13.4. The Morgan fingerprint density at radius 2 is 2.24 bits per heavy atom. The average Bonchev–Trinajstić information content (AvgIpc) is 2.92. The van der Waals surface area contributed by atoms with E-state index in [1.807, 2.05) is 6.92 Å². The fourth-order valence-corrected chi connectivity index (χ4v) is 3.80. The Balaban J connectivity index is 1.94. The van der Waals surface area contributed by atoms with Crippen molar-refractivity contribution in [3.05, 3.63) is 0 Å². The van der Waals surface area contributed by atoms with E-state index in [1.165, 1.54) is 0 Å². The molecule has 2 fully saturated rings. The highest BCUT2D eigenvalue weighted by atomic mass is 16.5. The van der Waals surface area contributed by atoms with Crippen LogP contribution in [0.5, 0.6) is 0 Å². The Morgan fingerprint density at radius 3 is 2.90 bits per heavy atom. The molecule has 0 spiro atoms. The van der Waals surface area contributed by atoms with Crippen molar-refractivity contribution in [2.45, 2.75) is 70.1 Å². The van der Waals surface area contributed by atoms with E-state index >= 15 is 0 Å². The molecule has 2 rings (SSSR count). The molecule has 2 aliphatic rings. The molecule has 0 aromatic rings. The van der Waals surface area contributed by atoms with Crippen molar-refractivity contribution in [3.8, 4) is 0 Å². The van der Waals surface area contributed by atoms with Gasteiger partial charge in [-0.2, -0.15) is 0 Å². The normalized spacial score (nSPS) is 34.2. The molecule has 1 heterocycles. The van der Waals surface area contributed by atoms with E-state index in [4.69, 9.17) is 4.74 Å². The van der Waals surface area contributed by atoms with E-state index in [0.717, 1.165) is 64.8 Å². The largest absolute Gasteiger partial charge is 0.480 e. The van der Waals surface area contributed by atoms with Gasteiger partial charge in [-0.1, -0.05) is 6.92 Å². The van der Waals surface area contributed by atoms with Crippen LogP contribution in [0, 0.1) is 0 Å². The molecule has 1 saturated carbocycles. The first-order valence-electron chi connectivity index (χ1n) is 8.45. The zero-order valence-electron chi connectivity index (χ0n) is 13.4. The minimum Gasteiger partial charge on any atom is -0.480 e. The molecule has 21 heavy (non-hydrogen) atoms. The van der Waals surface area contributed by atoms with Crippen LogP contribution in [0.4, 0.5) is 0 Å². The number of nitrogens with one attached hydrogen (secondary N) is 1. The van der Waals surface area contributed by atoms with Gasteiger partial charge < -0.3 is 15.2 Å². The first kappa shape index (κ1) is 16.7. The van der Waals surface area contributed by atoms with E-state index in [-0.39, 0.29) is 0 Å². The van der Waals surface area contributed by atoms with Crippen LogP contribution in [-0.4, -0.2) is 59.9 Å². The number of carboxylic acids is 1. The summed E-state index contributed by atoms with van der Waals surface area (Å²) in [6.45, 7) is 7.70. The van der Waals surface area contributed by atoms with Gasteiger partial charge in [-0.3, -0.25) is 9.69 Å². The molecular weight excluding hydrogens is 268 g/mol. The lowest BCUT2D eigenvalue weighted by atomic mass is 9.96. The van der Waals surface area contributed by atoms with Crippen molar-refractivity contribution in [1.82, 2.24) is 10.2 Å². The van der Waals surface area contributed by atoms with Crippen LogP contribution >= 0.6 is 0 Å². The monoisotopic (exact) mass is 298 g/mol. The molecule has 122 valence electrons. The molecule has 0 amide bonds. The topological polar surface area (TPSA) is 61.8 Å². The fraction of sp³-hybridized carbons (Fsp3) is 0.938. The second kappa shape index (κ2) is 7.56. The maximum Gasteiger partial charge on any atom is 0.323 e. The van der Waals surface area contributed by atoms with Crippen molar-refractivity contribution < 1.29 is 14.6 Å². The number of hydrogen-bond donors (Lipinski definition) is 2. The lowest BCUT2D eigenvalue weighted by Crippen LogP contribution is -2.52. The zero-order chi connectivity index (χ0) is 15.3. The highest BCUT2D eigenvalue weighted by Crippen LogP contribution is 2.35. The van der Waals surface area contributed by atoms with Crippen molar-refractivity contribution in [2.24, 2.45) is 0 Å². The standard InChI is InChI=1S/C16H30N2O3/c1-3-9-17-16(15(19)20)8-7-13(11-16)18-10-5-6-14(12-18)21-4-2/h13-14,17H,3-12H2,1-2H3,(H,19,20). The number of carbonyl (C=O) groups is 1. The molecular formula is C16H30N2O3. The number of ether oxygens (including phenoxy) is 1. The first-order chi connectivity index (χ1) is 10.1. The minimum absolute atomic E-state index is 0.326. The number of aliphatic carboxylic acids is 1. The van der Waals surface area contributed by atoms with Gasteiger partial charge in [0.05, 0.1) is 6.10 Å². The number of carboxylic acid groups (broad SMARTS) is 1. The molecule has 5 heteroatoms. The van der Waals surface area contributed by atoms with E-state index in [1.54, 1.807) is 0 Å². The predicted molar refractivity (Wildman–Crippen MR) is 82.5 cm³/mol. The van der Waals surface area contributed by atoms with Gasteiger partial charge >= 0.3 is 5.97 Å². The van der Waals surface area contributed by atoms with Gasteiger partial charge in [0.25, 0.3) is 0 Å². The van der Waals surface area contributed by atoms with Gasteiger partial charge in [-0.15, -0.1) is 0 Å². The van der Waals surface area contributed by atoms with Gasteiger partial charge in [0, 0.05) is 19.2 Å². The summed E-state index contributed by atoms with van der Waals surface area (Å²) in [5, 5.41) is 12.9. The summed E-state index contributed by atoms with van der Waals surface area (Å²) < 4.78 is 5.76. The molecule has 1 aliphatic heterocycles. The van der Waals surface area contributed by atoms with Crippen LogP contribution in [0.2, 0.25) is 0 Å². The molecule has 3 unspecified atom stereocenters. The van der Waals surface area contributed by atoms with Crippen molar-refractivity contribution in [2.75, 3.05) is 26.2 Å². The van der Waals surface area contributed by atoms with Crippen LogP contribution < -0.4 is 5.32 Å². The summed E-state index contributed by atoms with van der Waals surface area (Å²) in [5.74, 6) is -0.684. The second-order valence-corrected chi connectivity index (χ2v) is 6.43. The van der Waals surface area contributed by atoms with Gasteiger partial charge in [-0.05, 0) is 58.5 Å². The van der Waals surface area contributed by atoms with Crippen LogP contribution in [0.3, 0.4) is 0 Å². The Kier molecular flexibility index (Phi) is 6.02. The first-order valence-corrected chi connectivity index (χ1v) is 8.45. The molecule has 0 radical (unpaired) electrons. The highest BCUT2D eigenvalue weighted by Gasteiger charge is 2.47. The third-order valence-electron chi connectivity index (χ3n) is 4.94. The van der Waals surface area contributed by atoms with E-state index in [2.05, 4.69) is 17.1 Å². The van der Waals surface area contributed by atoms with E-state index in [0.29, 0.717) is 12.1 Å². The lowest BCUT2D eigenvalue weighted by molar-refractivity contribution is -0.144. The number of nitrogens with zero attached hydrogens (tertiary/aromatic N) is 1.